The highest BCUT2D eigenvalue weighted by atomic mass is 16.6. The van der Waals surface area contributed by atoms with Crippen molar-refractivity contribution in [2.75, 3.05) is 6.54 Å². The summed E-state index contributed by atoms with van der Waals surface area (Å²) < 4.78 is 7.01. The number of Topliss-reactive ketones (excluding diaryl/α,β-unsaturated/α-hetero) is 2. The number of para-hydroxylation sites is 1. The molecule has 0 fully saturated rings. The van der Waals surface area contributed by atoms with Crippen molar-refractivity contribution in [3.8, 4) is 0 Å². The first kappa shape index (κ1) is 25.9. The van der Waals surface area contributed by atoms with Crippen LogP contribution in [0, 0.1) is 0 Å². The van der Waals surface area contributed by atoms with E-state index in [2.05, 4.69) is 0 Å². The number of carbonyl (C=O) groups excluding carboxylic acids is 4. The van der Waals surface area contributed by atoms with Crippen molar-refractivity contribution in [1.82, 2.24) is 9.47 Å². The summed E-state index contributed by atoms with van der Waals surface area (Å²) in [6, 6.07) is 13.3. The number of fused-ring (bicyclic) bond motifs is 1. The SMILES string of the molecule is CC(=O)C1=C(O)C(=O)N(CCc2cn(C(=O)OC(C)(C)C)c3ccccc23)C1c1ccc(C(C)=O)cc1. The lowest BCUT2D eigenvalue weighted by atomic mass is 9.95. The molecule has 1 atom stereocenters. The molecular weight excluding hydrogens is 472 g/mol. The van der Waals surface area contributed by atoms with Crippen molar-refractivity contribution >= 4 is 34.5 Å². The molecule has 3 aromatic rings. The minimum atomic E-state index is -0.787. The molecule has 1 aromatic heterocycles. The zero-order valence-corrected chi connectivity index (χ0v) is 21.6. The maximum atomic E-state index is 13.1. The summed E-state index contributed by atoms with van der Waals surface area (Å²) in [6.45, 7) is 8.35. The highest BCUT2D eigenvalue weighted by Crippen LogP contribution is 2.38. The molecule has 1 unspecified atom stereocenters. The number of hydrogen-bond acceptors (Lipinski definition) is 6. The van der Waals surface area contributed by atoms with Gasteiger partial charge in [-0.1, -0.05) is 42.5 Å². The van der Waals surface area contributed by atoms with Gasteiger partial charge in [0, 0.05) is 23.7 Å². The van der Waals surface area contributed by atoms with Gasteiger partial charge >= 0.3 is 6.09 Å². The Morgan fingerprint density at radius 1 is 0.973 bits per heavy atom. The third-order valence-corrected chi connectivity index (χ3v) is 6.32. The Bertz CT molecular complexity index is 1440. The summed E-state index contributed by atoms with van der Waals surface area (Å²) in [7, 11) is 0. The molecule has 0 spiro atoms. The number of amides is 1. The minimum absolute atomic E-state index is 0.0248. The Hall–Kier alpha value is -4.20. The van der Waals surface area contributed by atoms with E-state index in [1.54, 1.807) is 51.2 Å². The summed E-state index contributed by atoms with van der Waals surface area (Å²) >= 11 is 0. The summed E-state index contributed by atoms with van der Waals surface area (Å²) in [5.74, 6) is -1.71. The molecule has 1 amide bonds. The average Bonchev–Trinajstić information content (AvgIpc) is 3.32. The van der Waals surface area contributed by atoms with Gasteiger partial charge in [0.15, 0.2) is 17.3 Å². The number of benzene rings is 2. The van der Waals surface area contributed by atoms with E-state index in [1.165, 1.54) is 23.3 Å². The Labute approximate surface area is 215 Å². The lowest BCUT2D eigenvalue weighted by Gasteiger charge is -2.26. The first-order valence-corrected chi connectivity index (χ1v) is 12.1. The normalized spacial score (nSPS) is 16.0. The second-order valence-electron chi connectivity index (χ2n) is 10.2. The van der Waals surface area contributed by atoms with E-state index in [0.29, 0.717) is 23.1 Å². The summed E-state index contributed by atoms with van der Waals surface area (Å²) in [5.41, 5.74) is 1.98. The first-order valence-electron chi connectivity index (χ1n) is 12.1. The van der Waals surface area contributed by atoms with Crippen LogP contribution < -0.4 is 0 Å². The van der Waals surface area contributed by atoms with Gasteiger partial charge in [-0.15, -0.1) is 0 Å². The fourth-order valence-corrected chi connectivity index (χ4v) is 4.64. The van der Waals surface area contributed by atoms with Crippen LogP contribution in [0.5, 0.6) is 0 Å². The molecule has 1 aliphatic rings. The number of ketones is 2. The van der Waals surface area contributed by atoms with Gasteiger partial charge < -0.3 is 14.7 Å². The van der Waals surface area contributed by atoms with E-state index in [-0.39, 0.29) is 17.9 Å². The van der Waals surface area contributed by atoms with Crippen LogP contribution >= 0.6 is 0 Å². The molecular formula is C29H30N2O6. The number of aliphatic hydroxyl groups excluding tert-OH is 1. The second-order valence-corrected chi connectivity index (χ2v) is 10.2. The van der Waals surface area contributed by atoms with Crippen LogP contribution in [0.2, 0.25) is 0 Å². The zero-order chi connectivity index (χ0) is 27.1. The van der Waals surface area contributed by atoms with Gasteiger partial charge in [0.05, 0.1) is 17.1 Å². The fraction of sp³-hybridized carbons (Fsp3) is 0.310. The maximum absolute atomic E-state index is 13.1. The van der Waals surface area contributed by atoms with Crippen molar-refractivity contribution in [3.63, 3.8) is 0 Å². The van der Waals surface area contributed by atoms with Gasteiger partial charge in [-0.3, -0.25) is 19.0 Å². The van der Waals surface area contributed by atoms with Gasteiger partial charge in [0.2, 0.25) is 0 Å². The lowest BCUT2D eigenvalue weighted by molar-refractivity contribution is -0.129. The fourth-order valence-electron chi connectivity index (χ4n) is 4.64. The molecule has 0 radical (unpaired) electrons. The highest BCUT2D eigenvalue weighted by molar-refractivity contribution is 6.08. The van der Waals surface area contributed by atoms with Gasteiger partial charge in [-0.25, -0.2) is 4.79 Å². The number of hydrogen-bond donors (Lipinski definition) is 1. The predicted molar refractivity (Wildman–Crippen MR) is 139 cm³/mol. The van der Waals surface area contributed by atoms with Crippen molar-refractivity contribution in [2.24, 2.45) is 0 Å². The van der Waals surface area contributed by atoms with Gasteiger partial charge in [0.25, 0.3) is 5.91 Å². The second kappa shape index (κ2) is 9.69. The Morgan fingerprint density at radius 3 is 2.22 bits per heavy atom. The Balaban J connectivity index is 1.67. The summed E-state index contributed by atoms with van der Waals surface area (Å²) in [6.07, 6.45) is 1.56. The van der Waals surface area contributed by atoms with E-state index < -0.39 is 35.2 Å². The molecule has 8 nitrogen and oxygen atoms in total. The Kier molecular flexibility index (Phi) is 6.78. The standard InChI is InChI=1S/C29H30N2O6/c1-17(32)19-10-12-20(13-11-19)25-24(18(2)33)26(34)27(35)30(25)15-14-21-16-31(28(36)37-29(3,4)5)23-9-7-6-8-22(21)23/h6-13,16,25,34H,14-15H2,1-5H3. The molecule has 4 rings (SSSR count). The number of ether oxygens (including phenoxy) is 1. The highest BCUT2D eigenvalue weighted by Gasteiger charge is 2.42. The number of aromatic nitrogens is 1. The summed E-state index contributed by atoms with van der Waals surface area (Å²) in [5, 5.41) is 11.4. The van der Waals surface area contributed by atoms with Crippen LogP contribution in [0.15, 0.2) is 66.1 Å². The molecule has 1 aliphatic heterocycles. The Morgan fingerprint density at radius 2 is 1.62 bits per heavy atom. The molecule has 2 aromatic carbocycles. The monoisotopic (exact) mass is 502 g/mol. The third-order valence-electron chi connectivity index (χ3n) is 6.32. The third kappa shape index (κ3) is 5.05. The van der Waals surface area contributed by atoms with Crippen molar-refractivity contribution in [2.45, 2.75) is 52.7 Å². The minimum Gasteiger partial charge on any atom is -0.503 e. The molecule has 0 bridgehead atoms. The van der Waals surface area contributed by atoms with Crippen LogP contribution in [0.4, 0.5) is 4.79 Å². The zero-order valence-electron chi connectivity index (χ0n) is 21.6. The van der Waals surface area contributed by atoms with Crippen LogP contribution in [0.25, 0.3) is 10.9 Å². The lowest BCUT2D eigenvalue weighted by Crippen LogP contribution is -2.33. The number of rotatable bonds is 6. The smallest absolute Gasteiger partial charge is 0.419 e. The molecule has 37 heavy (non-hydrogen) atoms. The number of nitrogens with zero attached hydrogens (tertiary/aromatic N) is 2. The topological polar surface area (TPSA) is 106 Å². The van der Waals surface area contributed by atoms with E-state index >= 15 is 0 Å². The number of carbonyl (C=O) groups is 4. The van der Waals surface area contributed by atoms with Gasteiger partial charge in [-0.2, -0.15) is 0 Å². The van der Waals surface area contributed by atoms with E-state index in [4.69, 9.17) is 4.74 Å². The summed E-state index contributed by atoms with van der Waals surface area (Å²) in [4.78, 5) is 51.5. The van der Waals surface area contributed by atoms with Crippen molar-refractivity contribution in [1.29, 1.82) is 0 Å². The van der Waals surface area contributed by atoms with Gasteiger partial charge in [0.1, 0.15) is 5.60 Å². The van der Waals surface area contributed by atoms with Crippen LogP contribution in [-0.4, -0.2) is 50.3 Å². The average molecular weight is 503 g/mol. The van der Waals surface area contributed by atoms with Crippen LogP contribution in [-0.2, 0) is 20.7 Å². The van der Waals surface area contributed by atoms with Gasteiger partial charge in [-0.05, 0) is 58.2 Å². The maximum Gasteiger partial charge on any atom is 0.419 e. The molecule has 0 saturated carbocycles. The van der Waals surface area contributed by atoms with E-state index in [0.717, 1.165) is 10.9 Å². The largest absolute Gasteiger partial charge is 0.503 e. The number of aliphatic hydroxyl groups is 1. The molecule has 1 N–H and O–H groups in total. The molecule has 8 heteroatoms. The molecule has 192 valence electrons. The van der Waals surface area contributed by atoms with Crippen LogP contribution in [0.1, 0.15) is 62.1 Å². The van der Waals surface area contributed by atoms with Crippen LogP contribution in [0.3, 0.4) is 0 Å². The van der Waals surface area contributed by atoms with Crippen molar-refractivity contribution in [3.05, 3.63) is 82.8 Å². The molecule has 0 aliphatic carbocycles. The molecule has 2 heterocycles. The van der Waals surface area contributed by atoms with E-state index in [1.807, 2.05) is 24.3 Å². The predicted octanol–water partition coefficient (Wildman–Crippen LogP) is 5.15. The molecule has 0 saturated heterocycles. The van der Waals surface area contributed by atoms with E-state index in [9.17, 15) is 24.3 Å². The quantitative estimate of drug-likeness (QED) is 0.467. The van der Waals surface area contributed by atoms with Crippen molar-refractivity contribution < 1.29 is 29.0 Å². The first-order chi connectivity index (χ1) is 17.4.